The summed E-state index contributed by atoms with van der Waals surface area (Å²) >= 11 is 0. The van der Waals surface area contributed by atoms with Crippen LogP contribution >= 0.6 is 0 Å². The number of carbonyl (C=O) groups is 1. The van der Waals surface area contributed by atoms with E-state index < -0.39 is 0 Å². The lowest BCUT2D eigenvalue weighted by Crippen LogP contribution is -2.24. The van der Waals surface area contributed by atoms with Gasteiger partial charge in [-0.15, -0.1) is 0 Å². The zero-order valence-electron chi connectivity index (χ0n) is 10.6. The Labute approximate surface area is 103 Å². The number of hydrogen-bond acceptors (Lipinski definition) is 3. The van der Waals surface area contributed by atoms with Crippen LogP contribution in [0.1, 0.15) is 36.2 Å². The number of aryl methyl sites for hydroxylation is 1. The van der Waals surface area contributed by atoms with Crippen LogP contribution in [-0.2, 0) is 6.42 Å². The Kier molecular flexibility index (Phi) is 5.70. The lowest BCUT2D eigenvalue weighted by molar-refractivity contribution is 0.112. The highest BCUT2D eigenvalue weighted by Crippen LogP contribution is 2.22. The van der Waals surface area contributed by atoms with Crippen molar-refractivity contribution >= 4 is 6.29 Å². The number of aldehydes is 1. The third-order valence-electron chi connectivity index (χ3n) is 3.09. The summed E-state index contributed by atoms with van der Waals surface area (Å²) in [6.07, 6.45) is 2.50. The molecule has 0 saturated heterocycles. The number of para-hydroxylation sites is 1. The average Bonchev–Trinajstić information content (AvgIpc) is 2.36. The number of rotatable bonds is 7. The molecule has 94 valence electrons. The molecular weight excluding hydrogens is 214 g/mol. The van der Waals surface area contributed by atoms with Crippen molar-refractivity contribution in [1.29, 1.82) is 0 Å². The van der Waals surface area contributed by atoms with Crippen LogP contribution in [-0.4, -0.2) is 35.9 Å². The van der Waals surface area contributed by atoms with Gasteiger partial charge in [0, 0.05) is 0 Å². The standard InChI is InChI=1S/C14H21NO2/c1-3-15(4-2)10-6-9-12-7-5-8-13(11-16)14(12)17/h5,7-8,11,17H,3-4,6,9-10H2,1-2H3. The first-order valence-electron chi connectivity index (χ1n) is 6.21. The van der Waals surface area contributed by atoms with Crippen molar-refractivity contribution < 1.29 is 9.90 Å². The molecule has 0 radical (unpaired) electrons. The van der Waals surface area contributed by atoms with E-state index in [-0.39, 0.29) is 5.75 Å². The summed E-state index contributed by atoms with van der Waals surface area (Å²) in [5.74, 6) is 0.141. The highest BCUT2D eigenvalue weighted by molar-refractivity contribution is 5.79. The zero-order valence-corrected chi connectivity index (χ0v) is 10.6. The Morgan fingerprint density at radius 3 is 2.59 bits per heavy atom. The molecule has 1 aromatic carbocycles. The number of phenolic OH excluding ortho intramolecular Hbond substituents is 1. The summed E-state index contributed by atoms with van der Waals surface area (Å²) in [6.45, 7) is 7.42. The highest BCUT2D eigenvalue weighted by atomic mass is 16.3. The normalized spacial score (nSPS) is 10.8. The summed E-state index contributed by atoms with van der Waals surface area (Å²) in [5, 5.41) is 9.82. The van der Waals surface area contributed by atoms with Gasteiger partial charge in [-0.2, -0.15) is 0 Å². The molecule has 0 saturated carbocycles. The van der Waals surface area contributed by atoms with E-state index >= 15 is 0 Å². The van der Waals surface area contributed by atoms with Crippen molar-refractivity contribution in [3.05, 3.63) is 29.3 Å². The van der Waals surface area contributed by atoms with Crippen LogP contribution in [0.4, 0.5) is 0 Å². The van der Waals surface area contributed by atoms with Crippen LogP contribution in [0.15, 0.2) is 18.2 Å². The molecule has 0 fully saturated rings. The van der Waals surface area contributed by atoms with Crippen molar-refractivity contribution in [3.63, 3.8) is 0 Å². The summed E-state index contributed by atoms with van der Waals surface area (Å²) in [5.41, 5.74) is 1.24. The van der Waals surface area contributed by atoms with E-state index in [1.54, 1.807) is 6.07 Å². The Bertz CT molecular complexity index is 359. The second kappa shape index (κ2) is 7.07. The number of phenols is 1. The van der Waals surface area contributed by atoms with E-state index in [0.717, 1.165) is 38.0 Å². The lowest BCUT2D eigenvalue weighted by atomic mass is 10.0. The van der Waals surface area contributed by atoms with Crippen molar-refractivity contribution in [3.8, 4) is 5.75 Å². The fourth-order valence-corrected chi connectivity index (χ4v) is 1.94. The topological polar surface area (TPSA) is 40.5 Å². The first-order valence-corrected chi connectivity index (χ1v) is 6.21. The monoisotopic (exact) mass is 235 g/mol. The van der Waals surface area contributed by atoms with Crippen molar-refractivity contribution in [1.82, 2.24) is 4.90 Å². The minimum atomic E-state index is 0.141. The predicted molar refractivity (Wildman–Crippen MR) is 69.6 cm³/mol. The van der Waals surface area contributed by atoms with Gasteiger partial charge in [0.1, 0.15) is 5.75 Å². The molecular formula is C14H21NO2. The molecule has 0 unspecified atom stereocenters. The van der Waals surface area contributed by atoms with Gasteiger partial charge in [0.15, 0.2) is 6.29 Å². The lowest BCUT2D eigenvalue weighted by Gasteiger charge is -2.17. The maximum Gasteiger partial charge on any atom is 0.153 e. The van der Waals surface area contributed by atoms with Crippen LogP contribution in [0.25, 0.3) is 0 Å². The van der Waals surface area contributed by atoms with Gasteiger partial charge >= 0.3 is 0 Å². The van der Waals surface area contributed by atoms with Crippen molar-refractivity contribution in [2.45, 2.75) is 26.7 Å². The molecule has 0 aliphatic carbocycles. The summed E-state index contributed by atoms with van der Waals surface area (Å²) in [4.78, 5) is 13.0. The SMILES string of the molecule is CCN(CC)CCCc1cccc(C=O)c1O. The second-order valence-corrected chi connectivity index (χ2v) is 4.10. The van der Waals surface area contributed by atoms with E-state index in [1.807, 2.05) is 12.1 Å². The van der Waals surface area contributed by atoms with Crippen LogP contribution in [0.2, 0.25) is 0 Å². The number of carbonyl (C=O) groups excluding carboxylic acids is 1. The van der Waals surface area contributed by atoms with Gasteiger partial charge in [0.25, 0.3) is 0 Å². The zero-order chi connectivity index (χ0) is 12.7. The molecule has 1 aromatic rings. The molecule has 0 heterocycles. The van der Waals surface area contributed by atoms with Gasteiger partial charge in [-0.3, -0.25) is 4.79 Å². The number of nitrogens with zero attached hydrogens (tertiary/aromatic N) is 1. The Morgan fingerprint density at radius 1 is 1.29 bits per heavy atom. The predicted octanol–water partition coefficient (Wildman–Crippen LogP) is 2.48. The summed E-state index contributed by atoms with van der Waals surface area (Å²) in [6, 6.07) is 5.33. The molecule has 0 aromatic heterocycles. The van der Waals surface area contributed by atoms with Gasteiger partial charge in [-0.05, 0) is 44.1 Å². The maximum absolute atomic E-state index is 10.7. The van der Waals surface area contributed by atoms with Crippen molar-refractivity contribution in [2.24, 2.45) is 0 Å². The smallest absolute Gasteiger partial charge is 0.153 e. The minimum absolute atomic E-state index is 0.141. The van der Waals surface area contributed by atoms with Gasteiger partial charge in [0.05, 0.1) is 5.56 Å². The van der Waals surface area contributed by atoms with Gasteiger partial charge < -0.3 is 10.0 Å². The molecule has 0 atom stereocenters. The number of hydrogen-bond donors (Lipinski definition) is 1. The molecule has 0 amide bonds. The maximum atomic E-state index is 10.7. The first-order chi connectivity index (χ1) is 8.22. The minimum Gasteiger partial charge on any atom is -0.507 e. The van der Waals surface area contributed by atoms with E-state index in [9.17, 15) is 9.90 Å². The van der Waals surface area contributed by atoms with Crippen LogP contribution in [0, 0.1) is 0 Å². The molecule has 0 bridgehead atoms. The molecule has 3 nitrogen and oxygen atoms in total. The first kappa shape index (κ1) is 13.7. The molecule has 0 aliphatic heterocycles. The fraction of sp³-hybridized carbons (Fsp3) is 0.500. The molecule has 0 spiro atoms. The van der Waals surface area contributed by atoms with Crippen LogP contribution < -0.4 is 0 Å². The van der Waals surface area contributed by atoms with Crippen LogP contribution in [0.5, 0.6) is 5.75 Å². The molecule has 0 aliphatic rings. The van der Waals surface area contributed by atoms with E-state index in [0.29, 0.717) is 11.8 Å². The van der Waals surface area contributed by atoms with E-state index in [2.05, 4.69) is 18.7 Å². The second-order valence-electron chi connectivity index (χ2n) is 4.10. The van der Waals surface area contributed by atoms with Gasteiger partial charge in [-0.25, -0.2) is 0 Å². The van der Waals surface area contributed by atoms with Gasteiger partial charge in [-0.1, -0.05) is 26.0 Å². The average molecular weight is 235 g/mol. The Balaban J connectivity index is 2.55. The molecule has 17 heavy (non-hydrogen) atoms. The third kappa shape index (κ3) is 3.86. The summed E-state index contributed by atoms with van der Waals surface area (Å²) in [7, 11) is 0. The third-order valence-corrected chi connectivity index (χ3v) is 3.09. The van der Waals surface area contributed by atoms with E-state index in [1.165, 1.54) is 0 Å². The number of aromatic hydroxyl groups is 1. The van der Waals surface area contributed by atoms with Crippen LogP contribution in [0.3, 0.4) is 0 Å². The Hall–Kier alpha value is -1.35. The summed E-state index contributed by atoms with van der Waals surface area (Å²) < 4.78 is 0. The largest absolute Gasteiger partial charge is 0.507 e. The molecule has 1 N–H and O–H groups in total. The van der Waals surface area contributed by atoms with E-state index in [4.69, 9.17) is 0 Å². The molecule has 1 rings (SSSR count). The van der Waals surface area contributed by atoms with Gasteiger partial charge in [0.2, 0.25) is 0 Å². The fourth-order valence-electron chi connectivity index (χ4n) is 1.94. The highest BCUT2D eigenvalue weighted by Gasteiger charge is 2.06. The number of benzene rings is 1. The van der Waals surface area contributed by atoms with Crippen molar-refractivity contribution in [2.75, 3.05) is 19.6 Å². The molecule has 3 heteroatoms. The quantitative estimate of drug-likeness (QED) is 0.738. The Morgan fingerprint density at radius 2 is 2.00 bits per heavy atom.